The molecule has 1 atom stereocenters. The fourth-order valence-electron chi connectivity index (χ4n) is 3.80. The zero-order chi connectivity index (χ0) is 17.6. The molecular formula is C19H23FN4O. The maximum absolute atomic E-state index is 14.2. The number of aromatic nitrogens is 2. The zero-order valence-corrected chi connectivity index (χ0v) is 14.4. The van der Waals surface area contributed by atoms with Crippen molar-refractivity contribution in [2.24, 2.45) is 11.7 Å². The van der Waals surface area contributed by atoms with Gasteiger partial charge in [0, 0.05) is 17.8 Å². The number of nitrogens with two attached hydrogens (primary N) is 1. The Morgan fingerprint density at radius 1 is 1.40 bits per heavy atom. The summed E-state index contributed by atoms with van der Waals surface area (Å²) in [5.74, 6) is -0.104. The van der Waals surface area contributed by atoms with Crippen LogP contribution in [0.1, 0.15) is 47.9 Å². The fourth-order valence-corrected chi connectivity index (χ4v) is 3.80. The normalized spacial score (nSPS) is 18.7. The largest absolute Gasteiger partial charge is 0.344 e. The summed E-state index contributed by atoms with van der Waals surface area (Å²) >= 11 is 0. The highest BCUT2D eigenvalue weighted by Gasteiger charge is 2.42. The number of para-hydroxylation sites is 1. The second kappa shape index (κ2) is 5.95. The molecule has 1 amide bonds. The topological polar surface area (TPSA) is 72.9 Å². The molecule has 0 spiro atoms. The number of nitrogens with one attached hydrogen (secondary N) is 1. The van der Waals surface area contributed by atoms with Crippen molar-refractivity contribution in [2.45, 2.75) is 44.6 Å². The number of carbonyl (C=O) groups excluding carboxylic acids is 1. The van der Waals surface area contributed by atoms with Crippen molar-refractivity contribution in [3.8, 4) is 5.69 Å². The SMILES string of the molecule is CC(CN)(NC(=O)c1nn(-c2ccccc2F)c2c1CCC2)C1CC1. The Morgan fingerprint density at radius 3 is 2.84 bits per heavy atom. The molecule has 5 nitrogen and oxygen atoms in total. The van der Waals surface area contributed by atoms with Crippen LogP contribution in [0.25, 0.3) is 5.69 Å². The maximum Gasteiger partial charge on any atom is 0.272 e. The molecule has 1 unspecified atom stereocenters. The number of carbonyl (C=O) groups is 1. The van der Waals surface area contributed by atoms with Gasteiger partial charge in [-0.25, -0.2) is 9.07 Å². The molecule has 2 aliphatic carbocycles. The van der Waals surface area contributed by atoms with E-state index < -0.39 is 5.54 Å². The Labute approximate surface area is 146 Å². The summed E-state index contributed by atoms with van der Waals surface area (Å²) in [6.45, 7) is 2.40. The quantitative estimate of drug-likeness (QED) is 0.876. The highest BCUT2D eigenvalue weighted by molar-refractivity contribution is 5.95. The molecular weight excluding hydrogens is 319 g/mol. The Kier molecular flexibility index (Phi) is 3.87. The number of fused-ring (bicyclic) bond motifs is 1. The van der Waals surface area contributed by atoms with E-state index in [0.717, 1.165) is 43.4 Å². The van der Waals surface area contributed by atoms with Crippen LogP contribution in [-0.2, 0) is 12.8 Å². The van der Waals surface area contributed by atoms with E-state index in [4.69, 9.17) is 5.73 Å². The average Bonchev–Trinajstić information content (AvgIpc) is 3.25. The highest BCUT2D eigenvalue weighted by Crippen LogP contribution is 2.39. The lowest BCUT2D eigenvalue weighted by atomic mass is 9.95. The second-order valence-electron chi connectivity index (χ2n) is 7.34. The van der Waals surface area contributed by atoms with Crippen LogP contribution in [0.15, 0.2) is 24.3 Å². The van der Waals surface area contributed by atoms with E-state index in [1.54, 1.807) is 22.9 Å². The third-order valence-electron chi connectivity index (χ3n) is 5.53. The second-order valence-corrected chi connectivity index (χ2v) is 7.34. The van der Waals surface area contributed by atoms with Crippen LogP contribution >= 0.6 is 0 Å². The van der Waals surface area contributed by atoms with Gasteiger partial charge in [0.2, 0.25) is 0 Å². The highest BCUT2D eigenvalue weighted by atomic mass is 19.1. The molecule has 1 fully saturated rings. The number of nitrogens with zero attached hydrogens (tertiary/aromatic N) is 2. The van der Waals surface area contributed by atoms with E-state index >= 15 is 0 Å². The monoisotopic (exact) mass is 342 g/mol. The van der Waals surface area contributed by atoms with Gasteiger partial charge in [0.1, 0.15) is 11.5 Å². The molecule has 25 heavy (non-hydrogen) atoms. The number of hydrogen-bond acceptors (Lipinski definition) is 3. The van der Waals surface area contributed by atoms with Crippen molar-refractivity contribution in [3.63, 3.8) is 0 Å². The Balaban J connectivity index is 1.70. The molecule has 0 bridgehead atoms. The summed E-state index contributed by atoms with van der Waals surface area (Å²) in [5, 5.41) is 7.58. The van der Waals surface area contributed by atoms with Gasteiger partial charge in [-0.2, -0.15) is 5.10 Å². The van der Waals surface area contributed by atoms with Gasteiger partial charge in [-0.3, -0.25) is 4.79 Å². The van der Waals surface area contributed by atoms with Crippen LogP contribution < -0.4 is 11.1 Å². The first-order valence-electron chi connectivity index (χ1n) is 8.92. The summed E-state index contributed by atoms with van der Waals surface area (Å²) in [4.78, 5) is 12.9. The molecule has 0 aliphatic heterocycles. The van der Waals surface area contributed by atoms with E-state index in [-0.39, 0.29) is 11.7 Å². The van der Waals surface area contributed by atoms with Gasteiger partial charge >= 0.3 is 0 Å². The van der Waals surface area contributed by atoms with Crippen molar-refractivity contribution >= 4 is 5.91 Å². The summed E-state index contributed by atoms with van der Waals surface area (Å²) in [6.07, 6.45) is 4.75. The molecule has 0 radical (unpaired) electrons. The van der Waals surface area contributed by atoms with E-state index in [2.05, 4.69) is 10.4 Å². The maximum atomic E-state index is 14.2. The first kappa shape index (κ1) is 16.3. The van der Waals surface area contributed by atoms with Gasteiger partial charge < -0.3 is 11.1 Å². The predicted molar refractivity (Wildman–Crippen MR) is 93.2 cm³/mol. The zero-order valence-electron chi connectivity index (χ0n) is 14.4. The number of amides is 1. The number of hydrogen-bond donors (Lipinski definition) is 2. The minimum Gasteiger partial charge on any atom is -0.344 e. The Bertz CT molecular complexity index is 827. The lowest BCUT2D eigenvalue weighted by Crippen LogP contribution is -2.53. The van der Waals surface area contributed by atoms with E-state index in [1.165, 1.54) is 6.07 Å². The number of benzene rings is 1. The lowest BCUT2D eigenvalue weighted by Gasteiger charge is -2.29. The molecule has 132 valence electrons. The van der Waals surface area contributed by atoms with Crippen LogP contribution in [0.5, 0.6) is 0 Å². The van der Waals surface area contributed by atoms with Crippen LogP contribution in [0.4, 0.5) is 4.39 Å². The van der Waals surface area contributed by atoms with Gasteiger partial charge in [0.05, 0.1) is 5.54 Å². The van der Waals surface area contributed by atoms with Crippen molar-refractivity contribution < 1.29 is 9.18 Å². The van der Waals surface area contributed by atoms with Crippen LogP contribution in [-0.4, -0.2) is 27.8 Å². The van der Waals surface area contributed by atoms with Crippen molar-refractivity contribution in [3.05, 3.63) is 47.0 Å². The molecule has 3 N–H and O–H groups in total. The molecule has 1 heterocycles. The summed E-state index contributed by atoms with van der Waals surface area (Å²) < 4.78 is 15.8. The van der Waals surface area contributed by atoms with Crippen LogP contribution in [0.3, 0.4) is 0 Å². The van der Waals surface area contributed by atoms with Crippen molar-refractivity contribution in [1.82, 2.24) is 15.1 Å². The molecule has 1 aromatic carbocycles. The van der Waals surface area contributed by atoms with Crippen molar-refractivity contribution in [1.29, 1.82) is 0 Å². The molecule has 6 heteroatoms. The Hall–Kier alpha value is -2.21. The predicted octanol–water partition coefficient (Wildman–Crippen LogP) is 2.36. The summed E-state index contributed by atoms with van der Waals surface area (Å²) in [5.41, 5.74) is 8.20. The Morgan fingerprint density at radius 2 is 2.16 bits per heavy atom. The van der Waals surface area contributed by atoms with Gasteiger partial charge in [-0.05, 0) is 57.1 Å². The minimum absolute atomic E-state index is 0.201. The smallest absolute Gasteiger partial charge is 0.272 e. The first-order valence-corrected chi connectivity index (χ1v) is 8.92. The molecule has 2 aromatic rings. The van der Waals surface area contributed by atoms with E-state index in [0.29, 0.717) is 23.8 Å². The molecule has 1 aromatic heterocycles. The van der Waals surface area contributed by atoms with Gasteiger partial charge in [-0.1, -0.05) is 12.1 Å². The van der Waals surface area contributed by atoms with Gasteiger partial charge in [-0.15, -0.1) is 0 Å². The summed E-state index contributed by atoms with van der Waals surface area (Å²) in [7, 11) is 0. The standard InChI is InChI=1S/C19H23FN4O/c1-19(11-21,12-9-10-12)22-18(25)17-13-5-4-8-15(13)24(23-17)16-7-3-2-6-14(16)20/h2-3,6-7,12H,4-5,8-11,21H2,1H3,(H,22,25). The first-order chi connectivity index (χ1) is 12.0. The fraction of sp³-hybridized carbons (Fsp3) is 0.474. The van der Waals surface area contributed by atoms with E-state index in [1.807, 2.05) is 6.92 Å². The third kappa shape index (κ3) is 2.74. The van der Waals surface area contributed by atoms with Gasteiger partial charge in [0.15, 0.2) is 5.69 Å². The van der Waals surface area contributed by atoms with E-state index in [9.17, 15) is 9.18 Å². The molecule has 4 rings (SSSR count). The summed E-state index contributed by atoms with van der Waals surface area (Å²) in [6, 6.07) is 6.53. The van der Waals surface area contributed by atoms with Crippen molar-refractivity contribution in [2.75, 3.05) is 6.54 Å². The number of halogens is 1. The molecule has 1 saturated carbocycles. The van der Waals surface area contributed by atoms with Gasteiger partial charge in [0.25, 0.3) is 5.91 Å². The molecule has 2 aliphatic rings. The minimum atomic E-state index is -0.398. The number of rotatable bonds is 5. The van der Waals surface area contributed by atoms with Crippen LogP contribution in [0.2, 0.25) is 0 Å². The molecule has 0 saturated heterocycles. The van der Waals surface area contributed by atoms with Crippen LogP contribution in [0, 0.1) is 11.7 Å². The lowest BCUT2D eigenvalue weighted by molar-refractivity contribution is 0.0891. The third-order valence-corrected chi connectivity index (χ3v) is 5.53. The average molecular weight is 342 g/mol.